The second kappa shape index (κ2) is 5.70. The van der Waals surface area contributed by atoms with Gasteiger partial charge in [-0.3, -0.25) is 19.7 Å². The van der Waals surface area contributed by atoms with Crippen LogP contribution in [0.1, 0.15) is 25.3 Å². The molecule has 0 spiro atoms. The number of nitrogens with one attached hydrogen (secondary N) is 1. The standard InChI is InChI=1S/C15H14N2O4/c1-9-12(7-18)15(13(8-19)10(2)16-9)11-5-3-4-6-14(11)17(20)21/h3-8,15-16H,1-2H3. The predicted molar refractivity (Wildman–Crippen MR) is 76.5 cm³/mol. The van der Waals surface area contributed by atoms with Gasteiger partial charge in [-0.15, -0.1) is 0 Å². The second-order valence-electron chi connectivity index (χ2n) is 4.77. The Labute approximate surface area is 121 Å². The number of nitrogens with zero attached hydrogens (tertiary/aromatic N) is 1. The quantitative estimate of drug-likeness (QED) is 0.521. The summed E-state index contributed by atoms with van der Waals surface area (Å²) in [4.78, 5) is 33.5. The molecule has 1 heterocycles. The van der Waals surface area contributed by atoms with E-state index < -0.39 is 10.8 Å². The molecule has 1 aromatic rings. The van der Waals surface area contributed by atoms with Gasteiger partial charge in [-0.2, -0.15) is 0 Å². The molecule has 0 unspecified atom stereocenters. The molecule has 0 atom stereocenters. The molecular weight excluding hydrogens is 272 g/mol. The van der Waals surface area contributed by atoms with Crippen LogP contribution in [0.5, 0.6) is 0 Å². The van der Waals surface area contributed by atoms with Crippen LogP contribution in [-0.4, -0.2) is 17.5 Å². The van der Waals surface area contributed by atoms with Crippen LogP contribution in [0.2, 0.25) is 0 Å². The monoisotopic (exact) mass is 286 g/mol. The number of nitro benzene ring substituents is 1. The molecular formula is C15H14N2O4. The molecule has 0 radical (unpaired) electrons. The smallest absolute Gasteiger partial charge is 0.273 e. The fraction of sp³-hybridized carbons (Fsp3) is 0.200. The minimum absolute atomic E-state index is 0.108. The highest BCUT2D eigenvalue weighted by molar-refractivity contribution is 5.88. The number of dihydropyridines is 1. The lowest BCUT2D eigenvalue weighted by Crippen LogP contribution is -2.26. The lowest BCUT2D eigenvalue weighted by molar-refractivity contribution is -0.385. The number of benzene rings is 1. The van der Waals surface area contributed by atoms with Crippen molar-refractivity contribution in [1.29, 1.82) is 0 Å². The van der Waals surface area contributed by atoms with Gasteiger partial charge in [-0.05, 0) is 13.8 Å². The number of rotatable bonds is 4. The molecule has 1 N–H and O–H groups in total. The highest BCUT2D eigenvalue weighted by Crippen LogP contribution is 2.39. The van der Waals surface area contributed by atoms with Crippen molar-refractivity contribution in [2.75, 3.05) is 0 Å². The molecule has 0 bridgehead atoms. The molecule has 1 aliphatic rings. The summed E-state index contributed by atoms with van der Waals surface area (Å²) < 4.78 is 0. The third-order valence-corrected chi connectivity index (χ3v) is 3.56. The minimum Gasteiger partial charge on any atom is -0.362 e. The molecule has 108 valence electrons. The number of hydrogen-bond acceptors (Lipinski definition) is 5. The first-order valence-electron chi connectivity index (χ1n) is 6.33. The van der Waals surface area contributed by atoms with E-state index in [2.05, 4.69) is 5.32 Å². The fourth-order valence-corrected chi connectivity index (χ4v) is 2.57. The maximum atomic E-state index is 11.4. The van der Waals surface area contributed by atoms with Crippen LogP contribution in [0.25, 0.3) is 0 Å². The van der Waals surface area contributed by atoms with E-state index in [1.807, 2.05) is 0 Å². The lowest BCUT2D eigenvalue weighted by Gasteiger charge is -2.27. The Balaban J connectivity index is 2.73. The zero-order chi connectivity index (χ0) is 15.6. The number of nitro groups is 1. The summed E-state index contributed by atoms with van der Waals surface area (Å²) in [6.45, 7) is 3.41. The third kappa shape index (κ3) is 2.47. The minimum atomic E-state index is -0.720. The Morgan fingerprint density at radius 2 is 1.62 bits per heavy atom. The average Bonchev–Trinajstić information content (AvgIpc) is 2.46. The maximum absolute atomic E-state index is 11.4. The normalized spacial score (nSPS) is 15.7. The zero-order valence-electron chi connectivity index (χ0n) is 11.6. The van der Waals surface area contributed by atoms with Gasteiger partial charge >= 0.3 is 0 Å². The van der Waals surface area contributed by atoms with Crippen molar-refractivity contribution in [2.24, 2.45) is 0 Å². The summed E-state index contributed by atoms with van der Waals surface area (Å²) in [7, 11) is 0. The van der Waals surface area contributed by atoms with Crippen LogP contribution in [0.3, 0.4) is 0 Å². The molecule has 0 amide bonds. The molecule has 1 aromatic carbocycles. The average molecular weight is 286 g/mol. The van der Waals surface area contributed by atoms with Gasteiger partial charge in [0, 0.05) is 34.2 Å². The predicted octanol–water partition coefficient (Wildman–Crippen LogP) is 2.23. The van der Waals surface area contributed by atoms with Crippen molar-refractivity contribution in [3.05, 3.63) is 62.5 Å². The SMILES string of the molecule is CC1=C(C=O)C(c2ccccc2[N+](=O)[O-])C(C=O)=C(C)N1. The van der Waals surface area contributed by atoms with Crippen LogP contribution in [0.15, 0.2) is 46.8 Å². The molecule has 21 heavy (non-hydrogen) atoms. The van der Waals surface area contributed by atoms with Crippen molar-refractivity contribution in [3.63, 3.8) is 0 Å². The van der Waals surface area contributed by atoms with Crippen molar-refractivity contribution in [2.45, 2.75) is 19.8 Å². The summed E-state index contributed by atoms with van der Waals surface area (Å²) in [6, 6.07) is 6.14. The largest absolute Gasteiger partial charge is 0.362 e. The molecule has 6 nitrogen and oxygen atoms in total. The topological polar surface area (TPSA) is 89.3 Å². The number of aldehydes is 2. The van der Waals surface area contributed by atoms with Crippen LogP contribution in [-0.2, 0) is 9.59 Å². The Hall–Kier alpha value is -2.76. The van der Waals surface area contributed by atoms with E-state index in [1.165, 1.54) is 6.07 Å². The van der Waals surface area contributed by atoms with E-state index in [-0.39, 0.29) is 5.69 Å². The molecule has 0 saturated heterocycles. The van der Waals surface area contributed by atoms with Gasteiger partial charge in [-0.25, -0.2) is 0 Å². The van der Waals surface area contributed by atoms with E-state index in [1.54, 1.807) is 32.0 Å². The molecule has 0 aromatic heterocycles. The number of carbonyl (C=O) groups is 2. The van der Waals surface area contributed by atoms with Crippen LogP contribution in [0.4, 0.5) is 5.69 Å². The van der Waals surface area contributed by atoms with Gasteiger partial charge in [-0.1, -0.05) is 18.2 Å². The fourth-order valence-electron chi connectivity index (χ4n) is 2.57. The van der Waals surface area contributed by atoms with Gasteiger partial charge in [0.25, 0.3) is 5.69 Å². The first-order chi connectivity index (χ1) is 10.0. The number of allylic oxidation sites excluding steroid dienone is 4. The van der Waals surface area contributed by atoms with Gasteiger partial charge in [0.2, 0.25) is 0 Å². The molecule has 0 fully saturated rings. The second-order valence-corrected chi connectivity index (χ2v) is 4.77. The van der Waals surface area contributed by atoms with Crippen molar-refractivity contribution >= 4 is 18.3 Å². The van der Waals surface area contributed by atoms with Crippen LogP contribution in [0, 0.1) is 10.1 Å². The van der Waals surface area contributed by atoms with Gasteiger partial charge in [0.15, 0.2) is 0 Å². The van der Waals surface area contributed by atoms with Gasteiger partial charge < -0.3 is 5.32 Å². The van der Waals surface area contributed by atoms with E-state index in [9.17, 15) is 19.7 Å². The third-order valence-electron chi connectivity index (χ3n) is 3.56. The summed E-state index contributed by atoms with van der Waals surface area (Å²) in [5.74, 6) is -0.720. The first kappa shape index (κ1) is 14.6. The number of para-hydroxylation sites is 1. The van der Waals surface area contributed by atoms with Crippen molar-refractivity contribution in [1.82, 2.24) is 5.32 Å². The van der Waals surface area contributed by atoms with Gasteiger partial charge in [0.05, 0.1) is 10.8 Å². The Kier molecular flexibility index (Phi) is 3.98. The Bertz CT molecular complexity index is 659. The van der Waals surface area contributed by atoms with Gasteiger partial charge in [0.1, 0.15) is 12.6 Å². The first-order valence-corrected chi connectivity index (χ1v) is 6.33. The summed E-state index contributed by atoms with van der Waals surface area (Å²) >= 11 is 0. The summed E-state index contributed by atoms with van der Waals surface area (Å²) in [5, 5.41) is 14.2. The highest BCUT2D eigenvalue weighted by atomic mass is 16.6. The Morgan fingerprint density at radius 3 is 2.10 bits per heavy atom. The molecule has 2 rings (SSSR count). The number of hydrogen-bond donors (Lipinski definition) is 1. The molecule has 0 saturated carbocycles. The lowest BCUT2D eigenvalue weighted by atomic mass is 9.81. The van der Waals surface area contributed by atoms with E-state index in [4.69, 9.17) is 0 Å². The number of carbonyl (C=O) groups excluding carboxylic acids is 2. The Morgan fingerprint density at radius 1 is 1.10 bits per heavy atom. The highest BCUT2D eigenvalue weighted by Gasteiger charge is 2.32. The van der Waals surface area contributed by atoms with E-state index >= 15 is 0 Å². The van der Waals surface area contributed by atoms with E-state index in [0.717, 1.165) is 0 Å². The summed E-state index contributed by atoms with van der Waals surface area (Å²) in [5.41, 5.74) is 2.08. The summed E-state index contributed by atoms with van der Waals surface area (Å²) in [6.07, 6.45) is 1.28. The molecule has 0 aliphatic carbocycles. The maximum Gasteiger partial charge on any atom is 0.273 e. The zero-order valence-corrected chi connectivity index (χ0v) is 11.6. The van der Waals surface area contributed by atoms with Crippen molar-refractivity contribution in [3.8, 4) is 0 Å². The van der Waals surface area contributed by atoms with E-state index in [0.29, 0.717) is 40.7 Å². The van der Waals surface area contributed by atoms with Crippen molar-refractivity contribution < 1.29 is 14.5 Å². The molecule has 1 aliphatic heterocycles. The molecule has 6 heteroatoms. The van der Waals surface area contributed by atoms with Crippen LogP contribution >= 0.6 is 0 Å². The van der Waals surface area contributed by atoms with Crippen LogP contribution < -0.4 is 5.32 Å².